The van der Waals surface area contributed by atoms with Crippen molar-refractivity contribution >= 4 is 21.4 Å². The van der Waals surface area contributed by atoms with Gasteiger partial charge in [0, 0.05) is 11.3 Å². The Kier molecular flexibility index (Phi) is 5.71. The summed E-state index contributed by atoms with van der Waals surface area (Å²) in [6.45, 7) is -0.350. The highest BCUT2D eigenvalue weighted by Crippen LogP contribution is 2.31. The molecule has 0 N–H and O–H groups in total. The van der Waals surface area contributed by atoms with Crippen LogP contribution in [0.2, 0.25) is 0 Å². The van der Waals surface area contributed by atoms with Crippen molar-refractivity contribution in [3.63, 3.8) is 0 Å². The number of carbonyl (C=O) groups excluding carboxylic acids is 1. The molecule has 1 unspecified atom stereocenters. The molecule has 8 nitrogen and oxygen atoms in total. The van der Waals surface area contributed by atoms with Crippen LogP contribution >= 0.6 is 0 Å². The van der Waals surface area contributed by atoms with Crippen LogP contribution in [0.15, 0.2) is 54.6 Å². The SMILES string of the molecule is O=C(Cn1nnc(-c2cccc(C(F)(F)F)c2)n1)N(c1ccccc1)C1CCS(=O)(=O)C1. The van der Waals surface area contributed by atoms with Crippen LogP contribution < -0.4 is 4.90 Å². The summed E-state index contributed by atoms with van der Waals surface area (Å²) in [7, 11) is -3.24. The van der Waals surface area contributed by atoms with Gasteiger partial charge in [0.15, 0.2) is 9.84 Å². The van der Waals surface area contributed by atoms with E-state index in [-0.39, 0.29) is 29.4 Å². The number of hydrogen-bond acceptors (Lipinski definition) is 6. The molecule has 2 heterocycles. The van der Waals surface area contributed by atoms with Crippen molar-refractivity contribution in [2.75, 3.05) is 16.4 Å². The zero-order valence-corrected chi connectivity index (χ0v) is 17.4. The summed E-state index contributed by atoms with van der Waals surface area (Å²) in [5.41, 5.74) is -0.196. The summed E-state index contributed by atoms with van der Waals surface area (Å²) in [4.78, 5) is 15.5. The zero-order valence-electron chi connectivity index (χ0n) is 16.6. The van der Waals surface area contributed by atoms with Crippen molar-refractivity contribution < 1.29 is 26.4 Å². The van der Waals surface area contributed by atoms with Crippen LogP contribution in [0.3, 0.4) is 0 Å². The van der Waals surface area contributed by atoms with E-state index in [0.29, 0.717) is 12.1 Å². The Balaban J connectivity index is 1.57. The quantitative estimate of drug-likeness (QED) is 0.575. The Hall–Kier alpha value is -3.28. The van der Waals surface area contributed by atoms with Crippen LogP contribution in [-0.2, 0) is 27.4 Å². The van der Waals surface area contributed by atoms with Crippen molar-refractivity contribution in [2.24, 2.45) is 0 Å². The van der Waals surface area contributed by atoms with Crippen LogP contribution in [-0.4, -0.2) is 52.1 Å². The second-order valence-electron chi connectivity index (χ2n) is 7.38. The molecule has 1 amide bonds. The number of anilines is 1. The summed E-state index contributed by atoms with van der Waals surface area (Å²) < 4.78 is 62.8. The molecule has 168 valence electrons. The van der Waals surface area contributed by atoms with E-state index in [9.17, 15) is 26.4 Å². The van der Waals surface area contributed by atoms with Crippen molar-refractivity contribution in [1.82, 2.24) is 20.2 Å². The molecule has 0 radical (unpaired) electrons. The molecule has 2 aromatic carbocycles. The Bertz CT molecular complexity index is 1230. The van der Waals surface area contributed by atoms with E-state index >= 15 is 0 Å². The van der Waals surface area contributed by atoms with Gasteiger partial charge in [0.05, 0.1) is 23.1 Å². The van der Waals surface area contributed by atoms with Crippen LogP contribution in [0.25, 0.3) is 11.4 Å². The minimum atomic E-state index is -4.51. The lowest BCUT2D eigenvalue weighted by Gasteiger charge is -2.28. The molecule has 1 atom stereocenters. The number of carbonyl (C=O) groups is 1. The van der Waals surface area contributed by atoms with E-state index < -0.39 is 33.5 Å². The fourth-order valence-electron chi connectivity index (χ4n) is 3.58. The lowest BCUT2D eigenvalue weighted by atomic mass is 10.1. The van der Waals surface area contributed by atoms with Crippen LogP contribution in [0.5, 0.6) is 0 Å². The largest absolute Gasteiger partial charge is 0.416 e. The molecule has 0 bridgehead atoms. The molecule has 0 aliphatic carbocycles. The maximum absolute atomic E-state index is 13.1. The highest BCUT2D eigenvalue weighted by atomic mass is 32.2. The van der Waals surface area contributed by atoms with E-state index in [1.165, 1.54) is 17.0 Å². The van der Waals surface area contributed by atoms with Crippen molar-refractivity contribution in [3.8, 4) is 11.4 Å². The van der Waals surface area contributed by atoms with Gasteiger partial charge in [0.2, 0.25) is 5.82 Å². The van der Waals surface area contributed by atoms with Crippen LogP contribution in [0, 0.1) is 0 Å². The first-order valence-corrected chi connectivity index (χ1v) is 11.5. The third-order valence-corrected chi connectivity index (χ3v) is 6.80. The number of amides is 1. The second kappa shape index (κ2) is 8.34. The second-order valence-corrected chi connectivity index (χ2v) is 9.61. The minimum absolute atomic E-state index is 0.00441. The Morgan fingerprint density at radius 1 is 1.12 bits per heavy atom. The van der Waals surface area contributed by atoms with Gasteiger partial charge in [0.1, 0.15) is 6.54 Å². The number of tetrazole rings is 1. The van der Waals surface area contributed by atoms with E-state index in [0.717, 1.165) is 16.9 Å². The molecule has 1 aliphatic heterocycles. The van der Waals surface area contributed by atoms with Crippen LogP contribution in [0.1, 0.15) is 12.0 Å². The summed E-state index contributed by atoms with van der Waals surface area (Å²) >= 11 is 0. The normalized spacial score (nSPS) is 17.9. The number of halogens is 3. The number of benzene rings is 2. The van der Waals surface area contributed by atoms with E-state index in [1.807, 2.05) is 0 Å². The lowest BCUT2D eigenvalue weighted by Crippen LogP contribution is -2.43. The van der Waals surface area contributed by atoms with Gasteiger partial charge in [-0.3, -0.25) is 4.79 Å². The third-order valence-electron chi connectivity index (χ3n) is 5.05. The predicted molar refractivity (Wildman–Crippen MR) is 109 cm³/mol. The van der Waals surface area contributed by atoms with Gasteiger partial charge in [-0.1, -0.05) is 30.3 Å². The fourth-order valence-corrected chi connectivity index (χ4v) is 5.28. The number of para-hydroxylation sites is 1. The van der Waals surface area contributed by atoms with Gasteiger partial charge < -0.3 is 4.90 Å². The number of alkyl halides is 3. The summed E-state index contributed by atoms with van der Waals surface area (Å²) in [5.74, 6) is -0.659. The van der Waals surface area contributed by atoms with Gasteiger partial charge in [0.25, 0.3) is 5.91 Å². The highest BCUT2D eigenvalue weighted by Gasteiger charge is 2.36. The Morgan fingerprint density at radius 3 is 2.53 bits per heavy atom. The third kappa shape index (κ3) is 4.79. The van der Waals surface area contributed by atoms with Crippen molar-refractivity contribution in [2.45, 2.75) is 25.2 Å². The molecule has 1 saturated heterocycles. The van der Waals surface area contributed by atoms with E-state index in [4.69, 9.17) is 0 Å². The standard InChI is InChI=1S/C20H18F3N5O3S/c21-20(22,23)15-6-4-5-14(11-15)19-24-26-27(25-19)12-18(29)28(16-7-2-1-3-8-16)17-9-10-32(30,31)13-17/h1-8,11,17H,9-10,12-13H2. The fraction of sp³-hybridized carbons (Fsp3) is 0.300. The molecule has 1 aliphatic rings. The summed E-state index contributed by atoms with van der Waals surface area (Å²) in [6.07, 6.45) is -4.21. The monoisotopic (exact) mass is 465 g/mol. The van der Waals surface area contributed by atoms with Crippen LogP contribution in [0.4, 0.5) is 18.9 Å². The van der Waals surface area contributed by atoms with Gasteiger partial charge in [-0.2, -0.15) is 18.0 Å². The molecule has 1 fully saturated rings. The number of nitrogens with zero attached hydrogens (tertiary/aromatic N) is 5. The van der Waals surface area contributed by atoms with Gasteiger partial charge in [-0.05, 0) is 35.9 Å². The van der Waals surface area contributed by atoms with Gasteiger partial charge in [-0.15, -0.1) is 10.2 Å². The average Bonchev–Trinajstić information content (AvgIpc) is 3.35. The maximum atomic E-state index is 13.1. The van der Waals surface area contributed by atoms with Crippen molar-refractivity contribution in [3.05, 3.63) is 60.2 Å². The Morgan fingerprint density at radius 2 is 1.88 bits per heavy atom. The number of sulfone groups is 1. The molecule has 1 aromatic heterocycles. The molecule has 4 rings (SSSR count). The first-order chi connectivity index (χ1) is 15.1. The number of rotatable bonds is 5. The molecule has 3 aromatic rings. The topological polar surface area (TPSA) is 98.1 Å². The van der Waals surface area contributed by atoms with Gasteiger partial charge >= 0.3 is 6.18 Å². The molecule has 0 saturated carbocycles. The van der Waals surface area contributed by atoms with E-state index in [2.05, 4.69) is 15.4 Å². The van der Waals surface area contributed by atoms with Crippen molar-refractivity contribution in [1.29, 1.82) is 0 Å². The first kappa shape index (κ1) is 21.9. The van der Waals surface area contributed by atoms with Gasteiger partial charge in [-0.25, -0.2) is 8.42 Å². The smallest absolute Gasteiger partial charge is 0.307 e. The summed E-state index contributed by atoms with van der Waals surface area (Å²) in [6, 6.07) is 12.6. The Labute approximate surface area is 181 Å². The highest BCUT2D eigenvalue weighted by molar-refractivity contribution is 7.91. The summed E-state index contributed by atoms with van der Waals surface area (Å²) in [5, 5.41) is 11.6. The maximum Gasteiger partial charge on any atom is 0.416 e. The average molecular weight is 465 g/mol. The molecular weight excluding hydrogens is 447 g/mol. The molecule has 0 spiro atoms. The molecular formula is C20H18F3N5O3S. The lowest BCUT2D eigenvalue weighted by molar-refractivity contribution is -0.137. The predicted octanol–water partition coefficient (Wildman–Crippen LogP) is 2.58. The minimum Gasteiger partial charge on any atom is -0.307 e. The number of aromatic nitrogens is 4. The zero-order chi connectivity index (χ0) is 22.9. The van der Waals surface area contributed by atoms with E-state index in [1.54, 1.807) is 30.3 Å². The first-order valence-electron chi connectivity index (χ1n) is 9.65. The molecule has 32 heavy (non-hydrogen) atoms. The molecule has 12 heteroatoms. The number of hydrogen-bond donors (Lipinski definition) is 0.